The summed E-state index contributed by atoms with van der Waals surface area (Å²) in [5.41, 5.74) is 7.71. The fourth-order valence-electron chi connectivity index (χ4n) is 5.87. The van der Waals surface area contributed by atoms with Crippen molar-refractivity contribution in [1.29, 1.82) is 10.8 Å². The van der Waals surface area contributed by atoms with Gasteiger partial charge in [-0.25, -0.2) is 8.78 Å². The zero-order valence-corrected chi connectivity index (χ0v) is 31.3. The highest BCUT2D eigenvalue weighted by molar-refractivity contribution is 7.27. The molecule has 0 radical (unpaired) electrons. The van der Waals surface area contributed by atoms with E-state index in [1.807, 2.05) is 13.8 Å². The second kappa shape index (κ2) is 23.0. The summed E-state index contributed by atoms with van der Waals surface area (Å²) in [4.78, 5) is 16.5. The Labute approximate surface area is 285 Å². The lowest BCUT2D eigenvalue weighted by atomic mass is 9.80. The van der Waals surface area contributed by atoms with Gasteiger partial charge in [-0.15, -0.1) is 9.24 Å². The number of carbonyl (C=O) groups excluding carboxylic acids is 1. The first-order chi connectivity index (χ1) is 22.5. The van der Waals surface area contributed by atoms with E-state index in [0.717, 1.165) is 60.8 Å². The molecule has 6 nitrogen and oxygen atoms in total. The number of pyridine rings is 1. The predicted molar refractivity (Wildman–Crippen MR) is 198 cm³/mol. The van der Waals surface area contributed by atoms with Crippen molar-refractivity contribution in [2.45, 2.75) is 125 Å². The van der Waals surface area contributed by atoms with Gasteiger partial charge in [0.05, 0.1) is 13.2 Å². The molecule has 0 spiro atoms. The minimum absolute atomic E-state index is 0.166. The van der Waals surface area contributed by atoms with E-state index in [2.05, 4.69) is 71.5 Å². The van der Waals surface area contributed by atoms with Crippen molar-refractivity contribution < 1.29 is 18.3 Å². The van der Waals surface area contributed by atoms with Crippen molar-refractivity contribution in [2.24, 2.45) is 11.8 Å². The number of hydrogen-bond donors (Lipinski definition) is 3. The highest BCUT2D eigenvalue weighted by atomic mass is 31.0. The van der Waals surface area contributed by atoms with Crippen molar-refractivity contribution in [3.05, 3.63) is 57.9 Å². The summed E-state index contributed by atoms with van der Waals surface area (Å²) in [6.07, 6.45) is 9.62. The molecule has 3 unspecified atom stereocenters. The van der Waals surface area contributed by atoms with E-state index in [9.17, 15) is 13.6 Å². The van der Waals surface area contributed by atoms with E-state index in [-0.39, 0.29) is 11.7 Å². The summed E-state index contributed by atoms with van der Waals surface area (Å²) in [5, 5.41) is 19.1. The quantitative estimate of drug-likeness (QED) is 0.126. The van der Waals surface area contributed by atoms with Crippen molar-refractivity contribution in [3.63, 3.8) is 0 Å². The van der Waals surface area contributed by atoms with Crippen LogP contribution in [0, 0.1) is 29.6 Å². The third-order valence-electron chi connectivity index (χ3n) is 8.80. The molecule has 0 bridgehead atoms. The Balaban J connectivity index is 0.000000386. The molecular weight excluding hydrogens is 613 g/mol. The van der Waals surface area contributed by atoms with Gasteiger partial charge in [0.25, 0.3) is 0 Å². The SMILES string of the molecule is CC.CC=N.CCC(=N)C(c1cc(C)nc(C2CC2)c1)C1COC1.CCc1c(P)cc(CNC(C)C2CCC2)cc1C(C)=O.FCF. The number of aromatic nitrogens is 1. The van der Waals surface area contributed by atoms with Crippen LogP contribution in [0.3, 0.4) is 0 Å². The first kappa shape index (κ1) is 42.6. The molecule has 3 aliphatic rings. The van der Waals surface area contributed by atoms with E-state index in [1.165, 1.54) is 60.7 Å². The van der Waals surface area contributed by atoms with Crippen LogP contribution in [0.1, 0.15) is 137 Å². The third kappa shape index (κ3) is 13.9. The summed E-state index contributed by atoms with van der Waals surface area (Å²) >= 11 is 0. The smallest absolute Gasteiger partial charge is 0.229 e. The molecule has 3 atom stereocenters. The minimum Gasteiger partial charge on any atom is -0.381 e. The van der Waals surface area contributed by atoms with Crippen LogP contribution in [-0.2, 0) is 17.7 Å². The number of benzene rings is 1. The predicted octanol–water partition coefficient (Wildman–Crippen LogP) is 9.22. The van der Waals surface area contributed by atoms with Gasteiger partial charge in [0, 0.05) is 53.0 Å². The molecule has 3 fully saturated rings. The number of alkyl halides is 2. The van der Waals surface area contributed by atoms with Crippen molar-refractivity contribution in [3.8, 4) is 0 Å². The van der Waals surface area contributed by atoms with Crippen LogP contribution in [0.25, 0.3) is 0 Å². The average Bonchev–Trinajstić information content (AvgIpc) is 3.84. The Kier molecular flexibility index (Phi) is 20.9. The second-order valence-electron chi connectivity index (χ2n) is 12.3. The van der Waals surface area contributed by atoms with E-state index >= 15 is 0 Å². The molecule has 3 N–H and O–H groups in total. The molecule has 1 saturated heterocycles. The molecule has 2 aliphatic carbocycles. The number of nitrogens with one attached hydrogen (secondary N) is 3. The number of hydrogen-bond acceptors (Lipinski definition) is 6. The molecule has 0 amide bonds. The highest BCUT2D eigenvalue weighted by Gasteiger charge is 2.34. The van der Waals surface area contributed by atoms with E-state index < -0.39 is 6.93 Å². The summed E-state index contributed by atoms with van der Waals surface area (Å²) < 4.78 is 24.6. The number of nitrogens with zero attached hydrogens (tertiary/aromatic N) is 1. The molecular formula is C38H61F2N4O2P. The molecule has 2 saturated carbocycles. The minimum atomic E-state index is -1.75. The number of ketones is 1. The van der Waals surface area contributed by atoms with Gasteiger partial charge in [-0.1, -0.05) is 40.2 Å². The van der Waals surface area contributed by atoms with Gasteiger partial charge < -0.3 is 20.9 Å². The lowest BCUT2D eigenvalue weighted by Gasteiger charge is -2.34. The van der Waals surface area contributed by atoms with Gasteiger partial charge in [0.1, 0.15) is 0 Å². The summed E-state index contributed by atoms with van der Waals surface area (Å²) in [7, 11) is 2.78. The van der Waals surface area contributed by atoms with Crippen LogP contribution in [0.15, 0.2) is 24.3 Å². The van der Waals surface area contributed by atoms with Crippen molar-refractivity contribution in [2.75, 3.05) is 20.1 Å². The number of ether oxygens (including phenoxy) is 1. The van der Waals surface area contributed by atoms with E-state index in [4.69, 9.17) is 15.6 Å². The van der Waals surface area contributed by atoms with Gasteiger partial charge in [-0.2, -0.15) is 0 Å². The van der Waals surface area contributed by atoms with Crippen molar-refractivity contribution in [1.82, 2.24) is 10.3 Å². The van der Waals surface area contributed by atoms with Gasteiger partial charge >= 0.3 is 0 Å². The Bertz CT molecular complexity index is 1250. The molecule has 2 heterocycles. The summed E-state index contributed by atoms with van der Waals surface area (Å²) in [6, 6.07) is 9.24. The van der Waals surface area contributed by atoms with Gasteiger partial charge in [-0.3, -0.25) is 9.78 Å². The fraction of sp³-hybridized carbons (Fsp3) is 0.632. The molecule has 5 rings (SSSR count). The Hall–Kier alpha value is -2.41. The highest BCUT2D eigenvalue weighted by Crippen LogP contribution is 2.41. The van der Waals surface area contributed by atoms with Gasteiger partial charge in [0.2, 0.25) is 6.93 Å². The maximum atomic E-state index is 11.8. The molecule has 1 aromatic heterocycles. The van der Waals surface area contributed by atoms with Crippen LogP contribution >= 0.6 is 9.24 Å². The number of halogens is 2. The maximum absolute atomic E-state index is 11.8. The molecule has 1 aromatic carbocycles. The first-order valence-corrected chi connectivity index (χ1v) is 18.0. The normalized spacial score (nSPS) is 16.4. The summed E-state index contributed by atoms with van der Waals surface area (Å²) in [5.74, 6) is 2.40. The molecule has 9 heteroatoms. The Morgan fingerprint density at radius 1 is 1.11 bits per heavy atom. The molecule has 1 aliphatic heterocycles. The van der Waals surface area contributed by atoms with Crippen molar-refractivity contribution >= 4 is 32.3 Å². The number of Topliss-reactive ketones (excluding diaryl/α,β-unsaturated/α-hetero) is 1. The first-order valence-electron chi connectivity index (χ1n) is 17.4. The molecule has 47 heavy (non-hydrogen) atoms. The fourth-order valence-corrected chi connectivity index (χ4v) is 6.44. The zero-order chi connectivity index (χ0) is 35.5. The monoisotopic (exact) mass is 674 g/mol. The van der Waals surface area contributed by atoms with Crippen LogP contribution in [0.5, 0.6) is 0 Å². The molecule has 264 valence electrons. The standard InChI is InChI=1S/C17H26NOP.C16H22N2O.C2H5N.C2H6.CH2F2/c1-4-15-16(12(3)19)8-13(9-17(15)20)10-18-11(2)14-6-5-7-14;1-3-14(17)16(13-8-19-9-13)12-6-10(2)18-15(7-12)11-4-5-11;1-2-3;1-2;2-1-3/h8-9,11,14,18H,4-7,10,20H2,1-3H3;6-7,11,13,16-17H,3-5,8-9H2,1-2H3;2-3H,1H3;1-2H3;1H2. The Morgan fingerprint density at radius 3 is 2.13 bits per heavy atom. The van der Waals surface area contributed by atoms with Crippen LogP contribution in [0.4, 0.5) is 8.78 Å². The lowest BCUT2D eigenvalue weighted by molar-refractivity contribution is -0.0359. The third-order valence-corrected chi connectivity index (χ3v) is 9.32. The van der Waals surface area contributed by atoms with E-state index in [0.29, 0.717) is 17.9 Å². The second-order valence-corrected chi connectivity index (χ2v) is 12.9. The van der Waals surface area contributed by atoms with E-state index in [1.54, 1.807) is 13.8 Å². The largest absolute Gasteiger partial charge is 0.381 e. The molecule has 2 aromatic rings. The van der Waals surface area contributed by atoms with Crippen LogP contribution < -0.4 is 10.6 Å². The topological polar surface area (TPSA) is 98.9 Å². The number of aryl methyl sites for hydroxylation is 1. The Morgan fingerprint density at radius 2 is 1.70 bits per heavy atom. The van der Waals surface area contributed by atoms with Crippen LogP contribution in [-0.4, -0.2) is 48.9 Å². The van der Waals surface area contributed by atoms with Crippen LogP contribution in [0.2, 0.25) is 0 Å². The lowest BCUT2D eigenvalue weighted by Crippen LogP contribution is -2.36. The number of rotatable bonds is 11. The van der Waals surface area contributed by atoms with Gasteiger partial charge in [-0.05, 0) is 119 Å². The zero-order valence-electron chi connectivity index (χ0n) is 30.1. The summed E-state index contributed by atoms with van der Waals surface area (Å²) in [6.45, 7) is 16.5. The number of carbonyl (C=O) groups is 1. The van der Waals surface area contributed by atoms with Gasteiger partial charge in [0.15, 0.2) is 5.78 Å². The maximum Gasteiger partial charge on any atom is 0.229 e. The average molecular weight is 675 g/mol.